The molecule has 4 rings (SSSR count). The van der Waals surface area contributed by atoms with Gasteiger partial charge in [0.05, 0.1) is 16.8 Å². The zero-order valence-corrected chi connectivity index (χ0v) is 18.1. The first kappa shape index (κ1) is 20.5. The minimum absolute atomic E-state index is 0.0680. The number of aromatic amines is 1. The molecule has 0 bridgehead atoms. The average Bonchev–Trinajstić information content (AvgIpc) is 3.49. The molecule has 1 fully saturated rings. The molecule has 0 aromatic carbocycles. The van der Waals surface area contributed by atoms with E-state index >= 15 is 0 Å². The summed E-state index contributed by atoms with van der Waals surface area (Å²) < 4.78 is 3.58. The van der Waals surface area contributed by atoms with Gasteiger partial charge in [0.15, 0.2) is 10.6 Å². The van der Waals surface area contributed by atoms with E-state index < -0.39 is 6.04 Å². The number of hydrogen-bond donors (Lipinski definition) is 3. The number of aromatic nitrogens is 5. The summed E-state index contributed by atoms with van der Waals surface area (Å²) in [5, 5.41) is 19.0. The second-order valence-electron chi connectivity index (χ2n) is 7.34. The Kier molecular flexibility index (Phi) is 6.09. The van der Waals surface area contributed by atoms with Crippen LogP contribution in [0.2, 0.25) is 0 Å². The van der Waals surface area contributed by atoms with Crippen molar-refractivity contribution >= 4 is 41.1 Å². The lowest BCUT2D eigenvalue weighted by molar-refractivity contribution is -0.122. The molecular formula is C19H23N7O2S2. The highest BCUT2D eigenvalue weighted by atomic mass is 32.1. The van der Waals surface area contributed by atoms with Gasteiger partial charge in [0.25, 0.3) is 0 Å². The van der Waals surface area contributed by atoms with Crippen molar-refractivity contribution in [1.29, 1.82) is 0 Å². The summed E-state index contributed by atoms with van der Waals surface area (Å²) in [6, 6.07) is 3.54. The van der Waals surface area contributed by atoms with Crippen LogP contribution in [0.4, 0.5) is 5.69 Å². The zero-order chi connectivity index (χ0) is 21.1. The van der Waals surface area contributed by atoms with Gasteiger partial charge in [-0.25, -0.2) is 0 Å². The van der Waals surface area contributed by atoms with Crippen LogP contribution in [0, 0.1) is 4.77 Å². The van der Waals surface area contributed by atoms with E-state index in [1.807, 2.05) is 17.5 Å². The highest BCUT2D eigenvalue weighted by Gasteiger charge is 2.22. The monoisotopic (exact) mass is 445 g/mol. The van der Waals surface area contributed by atoms with E-state index in [4.69, 9.17) is 12.2 Å². The normalized spacial score (nSPS) is 15.2. The number of anilines is 1. The van der Waals surface area contributed by atoms with Gasteiger partial charge < -0.3 is 10.6 Å². The molecule has 1 aliphatic rings. The molecule has 3 aromatic heterocycles. The molecule has 0 aliphatic heterocycles. The SMILES string of the molecule is CC(C(=O)Nc1cnn(CC(=O)NC2CCCC2)c1)n1c(-c2cccs2)n[nH]c1=S. The first-order valence-electron chi connectivity index (χ1n) is 9.84. The van der Waals surface area contributed by atoms with Crippen LogP contribution in [0.3, 0.4) is 0 Å². The van der Waals surface area contributed by atoms with Crippen LogP contribution in [-0.2, 0) is 16.1 Å². The second-order valence-corrected chi connectivity index (χ2v) is 8.67. The Bertz CT molecular complexity index is 1080. The minimum Gasteiger partial charge on any atom is -0.352 e. The summed E-state index contributed by atoms with van der Waals surface area (Å²) in [5.41, 5.74) is 0.521. The number of rotatable bonds is 7. The van der Waals surface area contributed by atoms with Gasteiger partial charge in [-0.15, -0.1) is 11.3 Å². The van der Waals surface area contributed by atoms with Crippen LogP contribution in [0.15, 0.2) is 29.9 Å². The molecule has 0 radical (unpaired) electrons. The molecule has 9 nitrogen and oxygen atoms in total. The summed E-state index contributed by atoms with van der Waals surface area (Å²) in [6.07, 6.45) is 7.57. The number of hydrogen-bond acceptors (Lipinski definition) is 6. The molecule has 0 saturated heterocycles. The molecule has 11 heteroatoms. The summed E-state index contributed by atoms with van der Waals surface area (Å²) in [6.45, 7) is 1.88. The van der Waals surface area contributed by atoms with Gasteiger partial charge in [0.1, 0.15) is 12.6 Å². The third-order valence-corrected chi connectivity index (χ3v) is 6.29. The summed E-state index contributed by atoms with van der Waals surface area (Å²) in [4.78, 5) is 25.9. The number of nitrogens with zero attached hydrogens (tertiary/aromatic N) is 4. The Morgan fingerprint density at radius 3 is 2.93 bits per heavy atom. The predicted molar refractivity (Wildman–Crippen MR) is 117 cm³/mol. The van der Waals surface area contributed by atoms with Gasteiger partial charge in [0, 0.05) is 12.2 Å². The number of H-pyrrole nitrogens is 1. The quantitative estimate of drug-likeness (QED) is 0.484. The summed E-state index contributed by atoms with van der Waals surface area (Å²) in [5.74, 6) is 0.304. The van der Waals surface area contributed by atoms with Crippen molar-refractivity contribution in [2.24, 2.45) is 0 Å². The third-order valence-electron chi connectivity index (χ3n) is 5.14. The lowest BCUT2D eigenvalue weighted by atomic mass is 10.2. The predicted octanol–water partition coefficient (Wildman–Crippen LogP) is 3.12. The van der Waals surface area contributed by atoms with Gasteiger partial charge in [-0.3, -0.25) is 23.9 Å². The molecule has 1 aliphatic carbocycles. The van der Waals surface area contributed by atoms with Crippen LogP contribution < -0.4 is 10.6 Å². The second kappa shape index (κ2) is 8.92. The van der Waals surface area contributed by atoms with Crippen molar-refractivity contribution in [3.63, 3.8) is 0 Å². The highest BCUT2D eigenvalue weighted by Crippen LogP contribution is 2.26. The number of nitrogens with one attached hydrogen (secondary N) is 3. The lowest BCUT2D eigenvalue weighted by Gasteiger charge is -2.14. The third kappa shape index (κ3) is 4.51. The van der Waals surface area contributed by atoms with E-state index in [0.29, 0.717) is 16.3 Å². The molecule has 2 amide bonds. The van der Waals surface area contributed by atoms with Crippen LogP contribution in [0.5, 0.6) is 0 Å². The van der Waals surface area contributed by atoms with Gasteiger partial charge in [-0.1, -0.05) is 18.9 Å². The first-order chi connectivity index (χ1) is 14.5. The zero-order valence-electron chi connectivity index (χ0n) is 16.5. The topological polar surface area (TPSA) is 110 Å². The van der Waals surface area contributed by atoms with Crippen molar-refractivity contribution in [2.75, 3.05) is 5.32 Å². The van der Waals surface area contributed by atoms with Gasteiger partial charge in [-0.2, -0.15) is 10.2 Å². The highest BCUT2D eigenvalue weighted by molar-refractivity contribution is 7.71. The van der Waals surface area contributed by atoms with Gasteiger partial charge in [-0.05, 0) is 43.4 Å². The summed E-state index contributed by atoms with van der Waals surface area (Å²) in [7, 11) is 0. The minimum atomic E-state index is -0.581. The standard InChI is InChI=1S/C19H23N7O2S2/c1-12(26-17(23-24-19(26)29)15-7-4-8-30-15)18(28)22-14-9-20-25(10-14)11-16(27)21-13-5-2-3-6-13/h4,7-10,12-13H,2-3,5-6,11H2,1H3,(H,21,27)(H,22,28)(H,24,29). The largest absolute Gasteiger partial charge is 0.352 e. The molecule has 1 atom stereocenters. The Hall–Kier alpha value is -2.79. The van der Waals surface area contributed by atoms with Crippen molar-refractivity contribution in [3.8, 4) is 10.7 Å². The number of carbonyl (C=O) groups is 2. The molecule has 0 spiro atoms. The Balaban J connectivity index is 1.39. The molecule has 158 valence electrons. The molecule has 1 saturated carbocycles. The maximum absolute atomic E-state index is 12.8. The molecule has 1 unspecified atom stereocenters. The first-order valence-corrected chi connectivity index (χ1v) is 11.1. The fraction of sp³-hybridized carbons (Fsp3) is 0.421. The van der Waals surface area contributed by atoms with E-state index in [9.17, 15) is 9.59 Å². The van der Waals surface area contributed by atoms with Crippen LogP contribution >= 0.6 is 23.6 Å². The lowest BCUT2D eigenvalue weighted by Crippen LogP contribution is -2.35. The summed E-state index contributed by atoms with van der Waals surface area (Å²) >= 11 is 6.85. The van der Waals surface area contributed by atoms with E-state index in [0.717, 1.165) is 30.6 Å². The molecule has 3 aromatic rings. The smallest absolute Gasteiger partial charge is 0.247 e. The number of thiophene rings is 1. The average molecular weight is 446 g/mol. The van der Waals surface area contributed by atoms with E-state index in [1.165, 1.54) is 22.2 Å². The maximum atomic E-state index is 12.8. The van der Waals surface area contributed by atoms with Crippen LogP contribution in [-0.4, -0.2) is 42.4 Å². The van der Waals surface area contributed by atoms with E-state index in [2.05, 4.69) is 25.9 Å². The molecular weight excluding hydrogens is 422 g/mol. The van der Waals surface area contributed by atoms with E-state index in [-0.39, 0.29) is 24.4 Å². The number of amides is 2. The van der Waals surface area contributed by atoms with Crippen molar-refractivity contribution < 1.29 is 9.59 Å². The maximum Gasteiger partial charge on any atom is 0.247 e. The van der Waals surface area contributed by atoms with Crippen molar-refractivity contribution in [1.82, 2.24) is 29.9 Å². The molecule has 3 N–H and O–H groups in total. The fourth-order valence-electron chi connectivity index (χ4n) is 3.61. The van der Waals surface area contributed by atoms with Gasteiger partial charge in [0.2, 0.25) is 11.8 Å². The Morgan fingerprint density at radius 2 is 2.20 bits per heavy atom. The molecule has 3 heterocycles. The van der Waals surface area contributed by atoms with Gasteiger partial charge >= 0.3 is 0 Å². The number of carbonyl (C=O) groups excluding carboxylic acids is 2. The van der Waals surface area contributed by atoms with E-state index in [1.54, 1.807) is 17.7 Å². The Morgan fingerprint density at radius 1 is 1.40 bits per heavy atom. The van der Waals surface area contributed by atoms with Crippen molar-refractivity contribution in [2.45, 2.75) is 51.2 Å². The van der Waals surface area contributed by atoms with Crippen molar-refractivity contribution in [3.05, 3.63) is 34.7 Å². The fourth-order valence-corrected chi connectivity index (χ4v) is 4.61. The van der Waals surface area contributed by atoms with Crippen LogP contribution in [0.25, 0.3) is 10.7 Å². The van der Waals surface area contributed by atoms with Crippen LogP contribution in [0.1, 0.15) is 38.6 Å². The molecule has 30 heavy (non-hydrogen) atoms. The Labute approximate surface area is 182 Å².